The third-order valence-electron chi connectivity index (χ3n) is 5.17. The number of halogens is 2. The maximum absolute atomic E-state index is 13.3. The first-order valence-corrected chi connectivity index (χ1v) is 7.50. The Morgan fingerprint density at radius 3 is 2.29 bits per heavy atom. The summed E-state index contributed by atoms with van der Waals surface area (Å²) in [5.41, 5.74) is -0.776. The van der Waals surface area contributed by atoms with Crippen LogP contribution in [0.4, 0.5) is 13.6 Å². The highest BCUT2D eigenvalue weighted by atomic mass is 19.3. The molecule has 5 nitrogen and oxygen atoms in total. The van der Waals surface area contributed by atoms with Gasteiger partial charge in [0.2, 0.25) is 5.91 Å². The average Bonchev–Trinajstić information content (AvgIpc) is 2.76. The van der Waals surface area contributed by atoms with Crippen molar-refractivity contribution in [2.75, 3.05) is 13.6 Å². The lowest BCUT2D eigenvalue weighted by molar-refractivity contribution is -0.126. The molecule has 1 aliphatic heterocycles. The van der Waals surface area contributed by atoms with Gasteiger partial charge in [0.25, 0.3) is 5.92 Å². The number of nitrogens with zero attached hydrogens (tertiary/aromatic N) is 1. The molecule has 1 atom stereocenters. The molecule has 1 heterocycles. The molecule has 0 aromatic carbocycles. The van der Waals surface area contributed by atoms with E-state index in [2.05, 4.69) is 10.6 Å². The number of rotatable bonds is 2. The van der Waals surface area contributed by atoms with Crippen LogP contribution in [0, 0.1) is 5.41 Å². The van der Waals surface area contributed by atoms with Crippen LogP contribution in [0.1, 0.15) is 38.5 Å². The number of likely N-dealkylation sites (N-methyl/N-ethyl adjacent to an activating group) is 1. The second-order valence-corrected chi connectivity index (χ2v) is 6.73. The molecule has 1 saturated heterocycles. The molecule has 3 fully saturated rings. The molecule has 118 valence electrons. The van der Waals surface area contributed by atoms with E-state index in [1.54, 1.807) is 11.9 Å². The van der Waals surface area contributed by atoms with Crippen molar-refractivity contribution in [3.05, 3.63) is 0 Å². The molecule has 0 unspecified atom stereocenters. The van der Waals surface area contributed by atoms with E-state index in [0.29, 0.717) is 38.6 Å². The van der Waals surface area contributed by atoms with Crippen LogP contribution in [-0.4, -0.2) is 48.4 Å². The van der Waals surface area contributed by atoms with Gasteiger partial charge in [-0.3, -0.25) is 4.79 Å². The van der Waals surface area contributed by atoms with Gasteiger partial charge in [0.1, 0.15) is 0 Å². The highest BCUT2D eigenvalue weighted by Gasteiger charge is 2.70. The molecule has 3 amide bonds. The average molecular weight is 301 g/mol. The van der Waals surface area contributed by atoms with Crippen LogP contribution < -0.4 is 10.6 Å². The predicted molar refractivity (Wildman–Crippen MR) is 72.0 cm³/mol. The standard InChI is InChI=1S/C14H21F2N3O2/c1-19-7-10(6-11(19)20)18-12(21)17-9-2-4-13(5-3-9)8-14(13,15)16/h9-10H,2-8H2,1H3,(H2,17,18,21)/t9?,10-,13?/m0/s1. The van der Waals surface area contributed by atoms with Gasteiger partial charge in [0.05, 0.1) is 6.04 Å². The van der Waals surface area contributed by atoms with E-state index >= 15 is 0 Å². The largest absolute Gasteiger partial charge is 0.344 e. The van der Waals surface area contributed by atoms with Gasteiger partial charge in [-0.15, -0.1) is 0 Å². The van der Waals surface area contributed by atoms with Crippen LogP contribution >= 0.6 is 0 Å². The Hall–Kier alpha value is -1.40. The monoisotopic (exact) mass is 301 g/mol. The minimum Gasteiger partial charge on any atom is -0.344 e. The molecule has 1 spiro atoms. The summed E-state index contributed by atoms with van der Waals surface area (Å²) < 4.78 is 26.5. The van der Waals surface area contributed by atoms with Gasteiger partial charge in [-0.2, -0.15) is 0 Å². The van der Waals surface area contributed by atoms with Crippen molar-refractivity contribution in [1.29, 1.82) is 0 Å². The maximum Gasteiger partial charge on any atom is 0.315 e. The molecule has 0 radical (unpaired) electrons. The fraction of sp³-hybridized carbons (Fsp3) is 0.857. The molecular formula is C14H21F2N3O2. The van der Waals surface area contributed by atoms with Crippen molar-refractivity contribution in [3.63, 3.8) is 0 Å². The second kappa shape index (κ2) is 4.81. The highest BCUT2D eigenvalue weighted by Crippen LogP contribution is 2.67. The van der Waals surface area contributed by atoms with Crippen LogP contribution in [0.2, 0.25) is 0 Å². The smallest absolute Gasteiger partial charge is 0.315 e. The van der Waals surface area contributed by atoms with Gasteiger partial charge >= 0.3 is 6.03 Å². The van der Waals surface area contributed by atoms with E-state index < -0.39 is 11.3 Å². The Kier molecular flexibility index (Phi) is 3.33. The Balaban J connectivity index is 1.42. The summed E-state index contributed by atoms with van der Waals surface area (Å²) in [5, 5.41) is 5.62. The molecule has 7 heteroatoms. The lowest BCUT2D eigenvalue weighted by Crippen LogP contribution is -2.48. The quantitative estimate of drug-likeness (QED) is 0.811. The summed E-state index contributed by atoms with van der Waals surface area (Å²) in [6, 6.07) is -0.501. The molecule has 0 aromatic heterocycles. The number of urea groups is 1. The fourth-order valence-corrected chi connectivity index (χ4v) is 3.61. The normalized spacial score (nSPS) is 37.7. The fourth-order valence-electron chi connectivity index (χ4n) is 3.61. The third-order valence-corrected chi connectivity index (χ3v) is 5.17. The maximum atomic E-state index is 13.3. The minimum absolute atomic E-state index is 0.00936. The number of hydrogen-bond acceptors (Lipinski definition) is 2. The Morgan fingerprint density at radius 1 is 1.24 bits per heavy atom. The lowest BCUT2D eigenvalue weighted by Gasteiger charge is -2.29. The van der Waals surface area contributed by atoms with Crippen LogP contribution in [0.5, 0.6) is 0 Å². The van der Waals surface area contributed by atoms with E-state index in [-0.39, 0.29) is 30.4 Å². The summed E-state index contributed by atoms with van der Waals surface area (Å²) in [5.74, 6) is -2.47. The highest BCUT2D eigenvalue weighted by molar-refractivity contribution is 5.81. The molecule has 2 N–H and O–H groups in total. The summed E-state index contributed by atoms with van der Waals surface area (Å²) in [6.07, 6.45) is 2.50. The molecule has 3 rings (SSSR count). The van der Waals surface area contributed by atoms with Crippen LogP contribution in [0.15, 0.2) is 0 Å². The minimum atomic E-state index is -2.49. The van der Waals surface area contributed by atoms with Gasteiger partial charge in [0.15, 0.2) is 0 Å². The van der Waals surface area contributed by atoms with E-state index in [1.165, 1.54) is 0 Å². The van der Waals surface area contributed by atoms with Gasteiger partial charge in [-0.25, -0.2) is 13.6 Å². The van der Waals surface area contributed by atoms with Crippen LogP contribution in [0.25, 0.3) is 0 Å². The molecule has 2 saturated carbocycles. The van der Waals surface area contributed by atoms with Crippen molar-refractivity contribution >= 4 is 11.9 Å². The third kappa shape index (κ3) is 2.70. The van der Waals surface area contributed by atoms with Gasteiger partial charge in [-0.1, -0.05) is 0 Å². The number of carbonyl (C=O) groups is 2. The second-order valence-electron chi connectivity index (χ2n) is 6.73. The summed E-state index contributed by atoms with van der Waals surface area (Å²) >= 11 is 0. The number of amides is 3. The van der Waals surface area contributed by atoms with E-state index in [1.807, 2.05) is 0 Å². The number of hydrogen-bond donors (Lipinski definition) is 2. The van der Waals surface area contributed by atoms with E-state index in [0.717, 1.165) is 0 Å². The van der Waals surface area contributed by atoms with E-state index in [4.69, 9.17) is 0 Å². The van der Waals surface area contributed by atoms with Gasteiger partial charge in [-0.05, 0) is 25.7 Å². The van der Waals surface area contributed by atoms with Crippen LogP contribution in [-0.2, 0) is 4.79 Å². The summed E-state index contributed by atoms with van der Waals surface area (Å²) in [6.45, 7) is 0.520. The van der Waals surface area contributed by atoms with Crippen molar-refractivity contribution in [2.45, 2.75) is 56.5 Å². The Labute approximate surface area is 122 Å². The first-order valence-electron chi connectivity index (χ1n) is 7.50. The zero-order valence-corrected chi connectivity index (χ0v) is 12.1. The van der Waals surface area contributed by atoms with Gasteiger partial charge in [0, 0.05) is 37.9 Å². The first kappa shape index (κ1) is 14.5. The van der Waals surface area contributed by atoms with Crippen LogP contribution in [0.3, 0.4) is 0 Å². The summed E-state index contributed by atoms with van der Waals surface area (Å²) in [4.78, 5) is 24.9. The number of nitrogens with one attached hydrogen (secondary N) is 2. The predicted octanol–water partition coefficient (Wildman–Crippen LogP) is 1.48. The molecule has 21 heavy (non-hydrogen) atoms. The SMILES string of the molecule is CN1C[C@@H](NC(=O)NC2CCC3(CC2)CC3(F)F)CC1=O. The van der Waals surface area contributed by atoms with Crippen molar-refractivity contribution in [2.24, 2.45) is 5.41 Å². The Bertz CT molecular complexity index is 461. The zero-order chi connectivity index (χ0) is 15.3. The number of carbonyl (C=O) groups excluding carboxylic acids is 2. The first-order chi connectivity index (χ1) is 9.81. The zero-order valence-electron chi connectivity index (χ0n) is 12.1. The molecule has 2 aliphatic carbocycles. The molecule has 0 aromatic rings. The van der Waals surface area contributed by atoms with Gasteiger partial charge < -0.3 is 15.5 Å². The number of likely N-dealkylation sites (tertiary alicyclic amines) is 1. The molecular weight excluding hydrogens is 280 g/mol. The summed E-state index contributed by atoms with van der Waals surface area (Å²) in [7, 11) is 1.71. The van der Waals surface area contributed by atoms with Crippen molar-refractivity contribution in [3.8, 4) is 0 Å². The molecule has 0 bridgehead atoms. The number of alkyl halides is 2. The lowest BCUT2D eigenvalue weighted by atomic mass is 9.83. The molecule has 3 aliphatic rings. The van der Waals surface area contributed by atoms with Crippen molar-refractivity contribution < 1.29 is 18.4 Å². The van der Waals surface area contributed by atoms with Crippen molar-refractivity contribution in [1.82, 2.24) is 15.5 Å². The van der Waals surface area contributed by atoms with E-state index in [9.17, 15) is 18.4 Å². The Morgan fingerprint density at radius 2 is 1.81 bits per heavy atom. The topological polar surface area (TPSA) is 61.4 Å².